The normalized spacial score (nSPS) is 18.8. The molecule has 0 saturated carbocycles. The number of nitrogens with zero attached hydrogens (tertiary/aromatic N) is 3. The van der Waals surface area contributed by atoms with Crippen LogP contribution in [0.2, 0.25) is 0 Å². The van der Waals surface area contributed by atoms with Crippen LogP contribution >= 0.6 is 11.3 Å². The van der Waals surface area contributed by atoms with E-state index in [1.807, 2.05) is 6.07 Å². The third-order valence-electron chi connectivity index (χ3n) is 6.02. The molecule has 5 nitrogen and oxygen atoms in total. The van der Waals surface area contributed by atoms with E-state index in [0.717, 1.165) is 17.7 Å². The van der Waals surface area contributed by atoms with Crippen molar-refractivity contribution >= 4 is 23.1 Å². The number of hydrogen-bond acceptors (Lipinski definition) is 5. The Morgan fingerprint density at radius 1 is 1.11 bits per heavy atom. The number of halogens is 6. The topological polar surface area (TPSA) is 58.1 Å². The van der Waals surface area contributed by atoms with Gasteiger partial charge in [0.25, 0.3) is 5.91 Å². The fraction of sp³-hybridized carbons (Fsp3) is 0.375. The maximum absolute atomic E-state index is 14.0. The minimum atomic E-state index is -4.58. The Hall–Kier alpha value is -3.15. The van der Waals surface area contributed by atoms with Gasteiger partial charge in [-0.1, -0.05) is 30.3 Å². The van der Waals surface area contributed by atoms with Crippen LogP contribution in [0.1, 0.15) is 33.9 Å². The van der Waals surface area contributed by atoms with Crippen LogP contribution in [0.4, 0.5) is 32.2 Å². The molecule has 4 rings (SSSR count). The maximum atomic E-state index is 14.0. The first kappa shape index (κ1) is 25.9. The van der Waals surface area contributed by atoms with Crippen LogP contribution in [-0.4, -0.2) is 46.1 Å². The summed E-state index contributed by atoms with van der Waals surface area (Å²) in [6.45, 7) is 1.49. The van der Waals surface area contributed by atoms with Gasteiger partial charge in [0.2, 0.25) is 0 Å². The molecule has 0 unspecified atom stereocenters. The predicted molar refractivity (Wildman–Crippen MR) is 124 cm³/mol. The van der Waals surface area contributed by atoms with E-state index >= 15 is 0 Å². The summed E-state index contributed by atoms with van der Waals surface area (Å²) in [4.78, 5) is 23.4. The monoisotopic (exact) mass is 528 g/mol. The van der Waals surface area contributed by atoms with Crippen LogP contribution < -0.4 is 5.32 Å². The Morgan fingerprint density at radius 2 is 1.83 bits per heavy atom. The number of carbonyl (C=O) groups is 1. The summed E-state index contributed by atoms with van der Waals surface area (Å²) in [7, 11) is 0. The van der Waals surface area contributed by atoms with Crippen molar-refractivity contribution in [2.45, 2.75) is 38.2 Å². The van der Waals surface area contributed by atoms with Crippen LogP contribution in [0.5, 0.6) is 0 Å². The molecule has 12 heteroatoms. The number of rotatable bonds is 5. The molecule has 3 heterocycles. The van der Waals surface area contributed by atoms with E-state index in [1.54, 1.807) is 31.2 Å². The van der Waals surface area contributed by atoms with Gasteiger partial charge >= 0.3 is 12.4 Å². The molecule has 192 valence electrons. The average Bonchev–Trinajstić information content (AvgIpc) is 3.23. The number of aryl methyl sites for hydroxylation is 1. The second kappa shape index (κ2) is 10.1. The molecule has 1 aliphatic heterocycles. The zero-order valence-corrected chi connectivity index (χ0v) is 19.8. The van der Waals surface area contributed by atoms with E-state index in [4.69, 9.17) is 0 Å². The highest BCUT2D eigenvalue weighted by atomic mass is 32.1. The van der Waals surface area contributed by atoms with Crippen LogP contribution in [-0.2, 0) is 6.18 Å². The summed E-state index contributed by atoms with van der Waals surface area (Å²) in [6.07, 6.45) is -8.55. The Morgan fingerprint density at radius 3 is 2.44 bits per heavy atom. The molecule has 0 spiro atoms. The van der Waals surface area contributed by atoms with Crippen LogP contribution in [0.15, 0.2) is 48.7 Å². The second-order valence-electron chi connectivity index (χ2n) is 8.44. The van der Waals surface area contributed by atoms with Crippen molar-refractivity contribution in [2.75, 3.05) is 18.4 Å². The molecule has 2 aromatic heterocycles. The van der Waals surface area contributed by atoms with E-state index in [-0.39, 0.29) is 37.4 Å². The van der Waals surface area contributed by atoms with E-state index in [2.05, 4.69) is 15.3 Å². The number of benzene rings is 1. The zero-order valence-electron chi connectivity index (χ0n) is 19.0. The molecule has 1 saturated heterocycles. The Balaban J connectivity index is 1.62. The van der Waals surface area contributed by atoms with Gasteiger partial charge in [-0.2, -0.15) is 26.3 Å². The fourth-order valence-corrected chi connectivity index (χ4v) is 5.23. The number of carbonyl (C=O) groups excluding carboxylic acids is 1. The maximum Gasteiger partial charge on any atom is 0.417 e. The van der Waals surface area contributed by atoms with Gasteiger partial charge in [-0.15, -0.1) is 11.3 Å². The average molecular weight is 529 g/mol. The van der Waals surface area contributed by atoms with Gasteiger partial charge in [0, 0.05) is 19.3 Å². The van der Waals surface area contributed by atoms with Gasteiger partial charge in [0.1, 0.15) is 11.5 Å². The third kappa shape index (κ3) is 5.63. The van der Waals surface area contributed by atoms with Gasteiger partial charge in [-0.05, 0) is 37.5 Å². The number of alkyl halides is 6. The van der Waals surface area contributed by atoms with E-state index < -0.39 is 35.8 Å². The highest BCUT2D eigenvalue weighted by molar-refractivity contribution is 7.15. The molecule has 0 bridgehead atoms. The Kier molecular flexibility index (Phi) is 7.26. The van der Waals surface area contributed by atoms with E-state index in [9.17, 15) is 31.1 Å². The summed E-state index contributed by atoms with van der Waals surface area (Å²) in [5.74, 6) is -2.44. The quantitative estimate of drug-likeness (QED) is 0.388. The number of aromatic nitrogens is 2. The number of likely N-dealkylation sites (tertiary alicyclic amines) is 1. The molecule has 1 aliphatic rings. The van der Waals surface area contributed by atoms with Crippen molar-refractivity contribution in [1.82, 2.24) is 14.9 Å². The van der Waals surface area contributed by atoms with Crippen LogP contribution in [0.25, 0.3) is 10.4 Å². The van der Waals surface area contributed by atoms with Gasteiger partial charge in [-0.3, -0.25) is 4.79 Å². The first-order valence-electron chi connectivity index (χ1n) is 11.1. The molecule has 3 aromatic rings. The molecule has 2 atom stereocenters. The van der Waals surface area contributed by atoms with Crippen molar-refractivity contribution in [1.29, 1.82) is 0 Å². The Bertz CT molecular complexity index is 1190. The van der Waals surface area contributed by atoms with Gasteiger partial charge in [-0.25, -0.2) is 9.97 Å². The van der Waals surface area contributed by atoms with Crippen molar-refractivity contribution < 1.29 is 31.1 Å². The number of nitrogens with one attached hydrogen (secondary N) is 1. The lowest BCUT2D eigenvalue weighted by Gasteiger charge is -2.42. The number of anilines is 1. The van der Waals surface area contributed by atoms with Gasteiger partial charge in [0.05, 0.1) is 27.4 Å². The van der Waals surface area contributed by atoms with Crippen molar-refractivity contribution in [3.8, 4) is 10.4 Å². The standard InChI is InChI=1S/C24H22F6N4OS/c1-14-33-20(21(36-14)15-6-3-2-4-7-15)22(35)34-11-5-8-17(24(28,29)30)18(34)13-32-19-10-9-16(12-31-19)23(25,26)27/h2-4,6-7,9-10,12,17-18H,5,8,11,13H2,1H3,(H,31,32)/t17-,18-/m1/s1. The molecule has 1 amide bonds. The lowest BCUT2D eigenvalue weighted by molar-refractivity contribution is -0.196. The van der Waals surface area contributed by atoms with E-state index in [1.165, 1.54) is 16.2 Å². The minimum absolute atomic E-state index is 0.0172. The number of piperidine rings is 1. The molecule has 0 radical (unpaired) electrons. The van der Waals surface area contributed by atoms with Crippen molar-refractivity contribution in [3.05, 3.63) is 64.9 Å². The number of thiazole rings is 1. The molecule has 1 fully saturated rings. The number of amides is 1. The molecule has 36 heavy (non-hydrogen) atoms. The number of pyridine rings is 1. The molecule has 1 N–H and O–H groups in total. The zero-order chi connectivity index (χ0) is 26.1. The lowest BCUT2D eigenvalue weighted by Crippen LogP contribution is -2.55. The SMILES string of the molecule is Cc1nc(C(=O)N2CCC[C@@H](C(F)(F)F)[C@H]2CNc2ccc(C(F)(F)F)cn2)c(-c2ccccc2)s1. The fourth-order valence-electron chi connectivity index (χ4n) is 4.31. The first-order chi connectivity index (χ1) is 16.9. The van der Waals surface area contributed by atoms with Gasteiger partial charge < -0.3 is 10.2 Å². The second-order valence-corrected chi connectivity index (χ2v) is 9.65. The highest BCUT2D eigenvalue weighted by Crippen LogP contribution is 2.39. The van der Waals surface area contributed by atoms with Crippen LogP contribution in [0.3, 0.4) is 0 Å². The summed E-state index contributed by atoms with van der Waals surface area (Å²) >= 11 is 1.28. The van der Waals surface area contributed by atoms with Crippen molar-refractivity contribution in [2.24, 2.45) is 5.92 Å². The predicted octanol–water partition coefficient (Wildman–Crippen LogP) is 6.43. The number of hydrogen-bond donors (Lipinski definition) is 1. The van der Waals surface area contributed by atoms with Crippen molar-refractivity contribution in [3.63, 3.8) is 0 Å². The lowest BCUT2D eigenvalue weighted by atomic mass is 9.88. The summed E-state index contributed by atoms with van der Waals surface area (Å²) in [5.41, 5.74) is -0.147. The van der Waals surface area contributed by atoms with E-state index in [0.29, 0.717) is 16.1 Å². The largest absolute Gasteiger partial charge is 0.417 e. The summed E-state index contributed by atoms with van der Waals surface area (Å²) in [5, 5.41) is 3.29. The highest BCUT2D eigenvalue weighted by Gasteiger charge is 2.49. The third-order valence-corrected chi connectivity index (χ3v) is 7.04. The summed E-state index contributed by atoms with van der Waals surface area (Å²) < 4.78 is 80.3. The Labute approximate surface area is 207 Å². The minimum Gasteiger partial charge on any atom is -0.368 e. The first-order valence-corrected chi connectivity index (χ1v) is 11.9. The molecular formula is C24H22F6N4OS. The van der Waals surface area contributed by atoms with Gasteiger partial charge in [0.15, 0.2) is 0 Å². The summed E-state index contributed by atoms with van der Waals surface area (Å²) in [6, 6.07) is 9.56. The van der Waals surface area contributed by atoms with Crippen LogP contribution in [0, 0.1) is 12.8 Å². The molecule has 0 aliphatic carbocycles. The smallest absolute Gasteiger partial charge is 0.368 e. The molecule has 1 aromatic carbocycles. The molecular weight excluding hydrogens is 506 g/mol.